The van der Waals surface area contributed by atoms with E-state index in [1.54, 1.807) is 11.8 Å². The fourth-order valence-electron chi connectivity index (χ4n) is 11.1. The SMILES string of the molecule is CCCCCCCCC=CCCCCCCCC(=O)OC=C(C)C=CC=C(C)C1CCC2C3CCC4CCCCC4(C)C3CCC12C. The van der Waals surface area contributed by atoms with E-state index in [1.807, 2.05) is 6.92 Å². The van der Waals surface area contributed by atoms with Crippen molar-refractivity contribution < 1.29 is 9.53 Å². The third-order valence-electron chi connectivity index (χ3n) is 13.9. The second kappa shape index (κ2) is 19.6. The number of fused-ring (bicyclic) bond motifs is 5. The largest absolute Gasteiger partial charge is 0.434 e. The molecule has 0 N–H and O–H groups in total. The molecule has 0 aromatic rings. The Bertz CT molecular complexity index is 1060. The van der Waals surface area contributed by atoms with Crippen LogP contribution >= 0.6 is 0 Å². The summed E-state index contributed by atoms with van der Waals surface area (Å²) in [7, 11) is 0. The van der Waals surface area contributed by atoms with Gasteiger partial charge in [0, 0.05) is 6.42 Å². The molecule has 4 rings (SSSR count). The van der Waals surface area contributed by atoms with Gasteiger partial charge in [0.2, 0.25) is 0 Å². The molecule has 266 valence electrons. The molecule has 0 spiro atoms. The highest BCUT2D eigenvalue weighted by molar-refractivity contribution is 5.70. The van der Waals surface area contributed by atoms with E-state index >= 15 is 0 Å². The van der Waals surface area contributed by atoms with Crippen LogP contribution in [0.15, 0.2) is 47.8 Å². The van der Waals surface area contributed by atoms with E-state index in [2.05, 4.69) is 58.1 Å². The summed E-state index contributed by atoms with van der Waals surface area (Å²) in [6.07, 6.45) is 44.7. The van der Waals surface area contributed by atoms with Gasteiger partial charge in [0.15, 0.2) is 0 Å². The maximum atomic E-state index is 12.3. The maximum absolute atomic E-state index is 12.3. The van der Waals surface area contributed by atoms with Gasteiger partial charge in [-0.3, -0.25) is 4.79 Å². The zero-order valence-electron chi connectivity index (χ0n) is 31.6. The first kappa shape index (κ1) is 38.2. The summed E-state index contributed by atoms with van der Waals surface area (Å²) in [6.45, 7) is 12.0. The number of allylic oxidation sites excluding steroid dienone is 7. The average Bonchev–Trinajstić information content (AvgIpc) is 3.42. The number of rotatable bonds is 19. The highest BCUT2D eigenvalue weighted by atomic mass is 16.5. The van der Waals surface area contributed by atoms with Gasteiger partial charge in [-0.05, 0) is 143 Å². The number of esters is 1. The molecule has 4 saturated carbocycles. The number of hydrogen-bond acceptors (Lipinski definition) is 2. The molecule has 0 aromatic carbocycles. The quantitative estimate of drug-likeness (QED) is 0.0459. The van der Waals surface area contributed by atoms with Crippen molar-refractivity contribution in [1.29, 1.82) is 0 Å². The molecule has 47 heavy (non-hydrogen) atoms. The lowest BCUT2D eigenvalue weighted by atomic mass is 9.44. The molecule has 7 unspecified atom stereocenters. The number of hydrogen-bond donors (Lipinski definition) is 0. The highest BCUT2D eigenvalue weighted by Crippen LogP contribution is 2.68. The van der Waals surface area contributed by atoms with Gasteiger partial charge in [0.25, 0.3) is 0 Å². The van der Waals surface area contributed by atoms with Gasteiger partial charge in [0.1, 0.15) is 0 Å². The van der Waals surface area contributed by atoms with E-state index in [0.717, 1.165) is 42.1 Å². The van der Waals surface area contributed by atoms with Gasteiger partial charge in [-0.15, -0.1) is 0 Å². The van der Waals surface area contributed by atoms with E-state index in [1.165, 1.54) is 135 Å². The maximum Gasteiger partial charge on any atom is 0.310 e. The molecule has 0 aromatic heterocycles. The van der Waals surface area contributed by atoms with Crippen molar-refractivity contribution in [2.75, 3.05) is 0 Å². The average molecular weight is 647 g/mol. The van der Waals surface area contributed by atoms with Crippen molar-refractivity contribution in [3.63, 3.8) is 0 Å². The summed E-state index contributed by atoms with van der Waals surface area (Å²) in [5.74, 6) is 4.49. The van der Waals surface area contributed by atoms with Crippen molar-refractivity contribution >= 4 is 5.97 Å². The van der Waals surface area contributed by atoms with Crippen LogP contribution in [0.4, 0.5) is 0 Å². The molecule has 7 atom stereocenters. The Morgan fingerprint density at radius 3 is 2.15 bits per heavy atom. The van der Waals surface area contributed by atoms with Gasteiger partial charge in [-0.2, -0.15) is 0 Å². The Labute approximate surface area is 291 Å². The Kier molecular flexibility index (Phi) is 15.9. The molecule has 0 amide bonds. The standard InChI is InChI=1S/C45H74O2/c1-6-7-8-9-10-11-12-13-14-15-16-17-18-19-20-27-43(46)47-35-36(2)24-23-25-37(3)40-30-31-41-39-29-28-38-26-21-22-33-44(38,4)42(39)32-34-45(40,41)5/h13-14,23-25,35,38-42H,6-12,15-22,26-34H2,1-5H3. The lowest BCUT2D eigenvalue weighted by Gasteiger charge is -2.60. The van der Waals surface area contributed by atoms with Gasteiger partial charge >= 0.3 is 5.97 Å². The zero-order chi connectivity index (χ0) is 33.5. The molecule has 2 nitrogen and oxygen atoms in total. The van der Waals surface area contributed by atoms with Crippen LogP contribution in [0, 0.1) is 40.4 Å². The third-order valence-corrected chi connectivity index (χ3v) is 13.9. The van der Waals surface area contributed by atoms with E-state index in [9.17, 15) is 4.79 Å². The summed E-state index contributed by atoms with van der Waals surface area (Å²) in [5, 5.41) is 0. The van der Waals surface area contributed by atoms with Crippen LogP contribution in [-0.2, 0) is 9.53 Å². The van der Waals surface area contributed by atoms with Gasteiger partial charge in [-0.1, -0.05) is 121 Å². The van der Waals surface area contributed by atoms with Crippen molar-refractivity contribution in [1.82, 2.24) is 0 Å². The van der Waals surface area contributed by atoms with Crippen LogP contribution in [0.3, 0.4) is 0 Å². The minimum Gasteiger partial charge on any atom is -0.434 e. The lowest BCUT2D eigenvalue weighted by Crippen LogP contribution is -2.52. The smallest absolute Gasteiger partial charge is 0.310 e. The van der Waals surface area contributed by atoms with Crippen LogP contribution in [0.2, 0.25) is 0 Å². The van der Waals surface area contributed by atoms with E-state index in [4.69, 9.17) is 4.74 Å². The van der Waals surface area contributed by atoms with Crippen molar-refractivity contribution in [3.8, 4) is 0 Å². The number of unbranched alkanes of at least 4 members (excludes halogenated alkanes) is 11. The monoisotopic (exact) mass is 647 g/mol. The Balaban J connectivity index is 1.09. The number of carbonyl (C=O) groups is 1. The fourth-order valence-corrected chi connectivity index (χ4v) is 11.1. The van der Waals surface area contributed by atoms with Crippen LogP contribution < -0.4 is 0 Å². The predicted octanol–water partition coefficient (Wildman–Crippen LogP) is 14.0. The molecule has 4 aliphatic rings. The predicted molar refractivity (Wildman–Crippen MR) is 202 cm³/mol. The normalized spacial score (nSPS) is 32.8. The minimum atomic E-state index is -0.0984. The molecule has 2 heteroatoms. The molecular formula is C45H74O2. The van der Waals surface area contributed by atoms with Crippen LogP contribution in [0.1, 0.15) is 189 Å². The van der Waals surface area contributed by atoms with E-state index in [-0.39, 0.29) is 5.97 Å². The van der Waals surface area contributed by atoms with Crippen LogP contribution in [0.5, 0.6) is 0 Å². The van der Waals surface area contributed by atoms with Crippen LogP contribution in [0.25, 0.3) is 0 Å². The molecule has 0 aliphatic heterocycles. The topological polar surface area (TPSA) is 26.3 Å². The van der Waals surface area contributed by atoms with Crippen molar-refractivity contribution in [3.05, 3.63) is 47.8 Å². The van der Waals surface area contributed by atoms with Gasteiger partial charge in [0.05, 0.1) is 6.26 Å². The van der Waals surface area contributed by atoms with Crippen molar-refractivity contribution in [2.24, 2.45) is 40.4 Å². The van der Waals surface area contributed by atoms with Gasteiger partial charge < -0.3 is 4.74 Å². The summed E-state index contributed by atoms with van der Waals surface area (Å²) in [4.78, 5) is 12.3. The first-order valence-corrected chi connectivity index (χ1v) is 20.7. The molecule has 0 heterocycles. The first-order chi connectivity index (χ1) is 22.8. The van der Waals surface area contributed by atoms with E-state index < -0.39 is 0 Å². The second-order valence-corrected chi connectivity index (χ2v) is 17.0. The zero-order valence-corrected chi connectivity index (χ0v) is 31.6. The molecule has 0 bridgehead atoms. The molecule has 0 radical (unpaired) electrons. The molecule has 0 saturated heterocycles. The summed E-state index contributed by atoms with van der Waals surface area (Å²) in [6, 6.07) is 0. The summed E-state index contributed by atoms with van der Waals surface area (Å²) < 4.78 is 5.48. The third kappa shape index (κ3) is 10.7. The molecule has 4 aliphatic carbocycles. The first-order valence-electron chi connectivity index (χ1n) is 20.7. The Morgan fingerprint density at radius 2 is 1.40 bits per heavy atom. The molecule has 4 fully saturated rings. The van der Waals surface area contributed by atoms with Gasteiger partial charge in [-0.25, -0.2) is 0 Å². The lowest BCUT2D eigenvalue weighted by molar-refractivity contribution is -0.138. The Morgan fingerprint density at radius 1 is 0.723 bits per heavy atom. The second-order valence-electron chi connectivity index (χ2n) is 17.0. The number of ether oxygens (including phenoxy) is 1. The minimum absolute atomic E-state index is 0.0984. The summed E-state index contributed by atoms with van der Waals surface area (Å²) >= 11 is 0. The van der Waals surface area contributed by atoms with Crippen molar-refractivity contribution in [2.45, 2.75) is 189 Å². The Hall–Kier alpha value is -1.57. The summed E-state index contributed by atoms with van der Waals surface area (Å²) in [5.41, 5.74) is 3.65. The van der Waals surface area contributed by atoms with Crippen LogP contribution in [-0.4, -0.2) is 5.97 Å². The van der Waals surface area contributed by atoms with E-state index in [0.29, 0.717) is 23.2 Å². The highest BCUT2D eigenvalue weighted by Gasteiger charge is 2.59. The molecular weight excluding hydrogens is 572 g/mol. The fraction of sp³-hybridized carbons (Fsp3) is 0.800. The number of carbonyl (C=O) groups excluding carboxylic acids is 1.